The Morgan fingerprint density at radius 2 is 1.63 bits per heavy atom. The van der Waals surface area contributed by atoms with Crippen molar-refractivity contribution >= 4 is 31.6 Å². The molecule has 0 aliphatic rings. The largest absolute Gasteiger partial charge is 0.277 e. The van der Waals surface area contributed by atoms with Crippen molar-refractivity contribution in [2.75, 3.05) is 4.72 Å². The molecular formula is C12H8BrF2NO2S. The summed E-state index contributed by atoms with van der Waals surface area (Å²) < 4.78 is 53.0. The lowest BCUT2D eigenvalue weighted by molar-refractivity contribution is 0.511. The fourth-order valence-electron chi connectivity index (χ4n) is 1.40. The highest BCUT2D eigenvalue weighted by molar-refractivity contribution is 9.10. The van der Waals surface area contributed by atoms with Gasteiger partial charge in [-0.1, -0.05) is 22.0 Å². The molecule has 2 aromatic carbocycles. The number of anilines is 1. The Balaban J connectivity index is 2.36. The van der Waals surface area contributed by atoms with E-state index in [1.165, 1.54) is 30.3 Å². The normalized spacial score (nSPS) is 11.3. The topological polar surface area (TPSA) is 46.2 Å². The maximum Gasteiger partial charge on any atom is 0.261 e. The molecule has 0 aliphatic heterocycles. The molecule has 7 heteroatoms. The molecule has 2 rings (SSSR count). The molecule has 100 valence electrons. The average Bonchev–Trinajstić information content (AvgIpc) is 2.35. The minimum atomic E-state index is -3.95. The monoisotopic (exact) mass is 347 g/mol. The van der Waals surface area contributed by atoms with Gasteiger partial charge in [-0.15, -0.1) is 0 Å². The number of nitrogens with one attached hydrogen (secondary N) is 1. The first-order chi connectivity index (χ1) is 8.90. The van der Waals surface area contributed by atoms with Crippen LogP contribution in [0.25, 0.3) is 0 Å². The average molecular weight is 348 g/mol. The van der Waals surface area contributed by atoms with E-state index in [1.807, 2.05) is 4.72 Å². The van der Waals surface area contributed by atoms with Crippen LogP contribution in [-0.4, -0.2) is 8.42 Å². The molecule has 0 aromatic heterocycles. The number of hydrogen-bond acceptors (Lipinski definition) is 2. The Morgan fingerprint density at radius 1 is 1.00 bits per heavy atom. The van der Waals surface area contributed by atoms with Gasteiger partial charge in [0.15, 0.2) is 11.6 Å². The van der Waals surface area contributed by atoms with Gasteiger partial charge in [0.2, 0.25) is 0 Å². The maximum absolute atomic E-state index is 13.4. The van der Waals surface area contributed by atoms with E-state index in [2.05, 4.69) is 15.9 Å². The van der Waals surface area contributed by atoms with Crippen molar-refractivity contribution in [2.45, 2.75) is 4.90 Å². The van der Waals surface area contributed by atoms with E-state index >= 15 is 0 Å². The van der Waals surface area contributed by atoms with E-state index in [0.717, 1.165) is 12.1 Å². The Morgan fingerprint density at radius 3 is 2.26 bits per heavy atom. The zero-order valence-corrected chi connectivity index (χ0v) is 11.8. The Labute approximate surface area is 117 Å². The van der Waals surface area contributed by atoms with Crippen molar-refractivity contribution in [3.05, 3.63) is 58.6 Å². The van der Waals surface area contributed by atoms with Crippen molar-refractivity contribution in [3.8, 4) is 0 Å². The first-order valence-electron chi connectivity index (χ1n) is 5.12. The summed E-state index contributed by atoms with van der Waals surface area (Å²) in [5, 5.41) is 0. The summed E-state index contributed by atoms with van der Waals surface area (Å²) in [5.74, 6) is -2.35. The number of hydrogen-bond donors (Lipinski definition) is 1. The molecule has 1 N–H and O–H groups in total. The molecule has 0 saturated carbocycles. The fraction of sp³-hybridized carbons (Fsp3) is 0. The van der Waals surface area contributed by atoms with Gasteiger partial charge in [-0.25, -0.2) is 17.2 Å². The van der Waals surface area contributed by atoms with Gasteiger partial charge >= 0.3 is 0 Å². The quantitative estimate of drug-likeness (QED) is 0.923. The van der Waals surface area contributed by atoms with Gasteiger partial charge in [-0.3, -0.25) is 4.72 Å². The summed E-state index contributed by atoms with van der Waals surface area (Å²) in [7, 11) is -3.95. The van der Waals surface area contributed by atoms with E-state index in [0.29, 0.717) is 4.47 Å². The van der Waals surface area contributed by atoms with Crippen LogP contribution in [-0.2, 0) is 10.0 Å². The number of rotatable bonds is 3. The molecular weight excluding hydrogens is 340 g/mol. The lowest BCUT2D eigenvalue weighted by atomic mass is 10.3. The second kappa shape index (κ2) is 5.26. The standard InChI is InChI=1S/C12H8BrF2NO2S/c13-8-4-6-9(7-5-8)19(17,18)16-11-3-1-2-10(14)12(11)15/h1-7,16H. The Bertz CT molecular complexity index is 702. The lowest BCUT2D eigenvalue weighted by Gasteiger charge is -2.09. The summed E-state index contributed by atoms with van der Waals surface area (Å²) >= 11 is 3.18. The van der Waals surface area contributed by atoms with Crippen LogP contribution in [0.15, 0.2) is 51.8 Å². The highest BCUT2D eigenvalue weighted by Gasteiger charge is 2.17. The predicted octanol–water partition coefficient (Wildman–Crippen LogP) is 3.53. The third-order valence-corrected chi connectivity index (χ3v) is 4.23. The highest BCUT2D eigenvalue weighted by Crippen LogP contribution is 2.21. The summed E-state index contributed by atoms with van der Waals surface area (Å²) in [6, 6.07) is 9.06. The molecule has 0 unspecified atom stereocenters. The van der Waals surface area contributed by atoms with Crippen molar-refractivity contribution in [3.63, 3.8) is 0 Å². The first-order valence-corrected chi connectivity index (χ1v) is 7.40. The van der Waals surface area contributed by atoms with Crippen molar-refractivity contribution in [1.29, 1.82) is 0 Å². The van der Waals surface area contributed by atoms with Gasteiger partial charge in [0.25, 0.3) is 10.0 Å². The second-order valence-electron chi connectivity index (χ2n) is 3.66. The van der Waals surface area contributed by atoms with Crippen LogP contribution in [0.5, 0.6) is 0 Å². The van der Waals surface area contributed by atoms with Gasteiger partial charge < -0.3 is 0 Å². The van der Waals surface area contributed by atoms with Crippen LogP contribution in [0.3, 0.4) is 0 Å². The molecule has 0 atom stereocenters. The zero-order chi connectivity index (χ0) is 14.0. The summed E-state index contributed by atoms with van der Waals surface area (Å²) in [6.45, 7) is 0. The molecule has 0 aliphatic carbocycles. The van der Waals surface area contributed by atoms with Crippen molar-refractivity contribution in [2.24, 2.45) is 0 Å². The van der Waals surface area contributed by atoms with Crippen LogP contribution in [0.2, 0.25) is 0 Å². The summed E-state index contributed by atoms with van der Waals surface area (Å²) in [6.07, 6.45) is 0. The van der Waals surface area contributed by atoms with Gasteiger partial charge in [0, 0.05) is 4.47 Å². The number of sulfonamides is 1. The fourth-order valence-corrected chi connectivity index (χ4v) is 2.72. The molecule has 0 radical (unpaired) electrons. The van der Waals surface area contributed by atoms with Gasteiger partial charge in [-0.2, -0.15) is 0 Å². The Kier molecular flexibility index (Phi) is 3.86. The Hall–Kier alpha value is -1.47. The molecule has 0 bridgehead atoms. The smallest absolute Gasteiger partial charge is 0.261 e. The minimum Gasteiger partial charge on any atom is -0.277 e. The second-order valence-corrected chi connectivity index (χ2v) is 6.26. The van der Waals surface area contributed by atoms with Gasteiger partial charge in [-0.05, 0) is 36.4 Å². The molecule has 0 fully saturated rings. The maximum atomic E-state index is 13.4. The predicted molar refractivity (Wildman–Crippen MR) is 71.3 cm³/mol. The summed E-state index contributed by atoms with van der Waals surface area (Å²) in [4.78, 5) is -0.0423. The molecule has 0 heterocycles. The van der Waals surface area contributed by atoms with Crippen LogP contribution in [0, 0.1) is 11.6 Å². The molecule has 0 spiro atoms. The lowest BCUT2D eigenvalue weighted by Crippen LogP contribution is -2.14. The minimum absolute atomic E-state index is 0.0423. The number of halogens is 3. The molecule has 19 heavy (non-hydrogen) atoms. The molecule has 0 amide bonds. The van der Waals surface area contributed by atoms with E-state index in [-0.39, 0.29) is 4.90 Å². The van der Waals surface area contributed by atoms with Gasteiger partial charge in [0.1, 0.15) is 0 Å². The van der Waals surface area contributed by atoms with Crippen LogP contribution in [0.1, 0.15) is 0 Å². The van der Waals surface area contributed by atoms with Crippen LogP contribution < -0.4 is 4.72 Å². The van der Waals surface area contributed by atoms with Crippen molar-refractivity contribution < 1.29 is 17.2 Å². The van der Waals surface area contributed by atoms with E-state index in [4.69, 9.17) is 0 Å². The zero-order valence-electron chi connectivity index (χ0n) is 9.40. The third-order valence-electron chi connectivity index (χ3n) is 2.32. The summed E-state index contributed by atoms with van der Waals surface area (Å²) in [5.41, 5.74) is -0.428. The molecule has 3 nitrogen and oxygen atoms in total. The van der Waals surface area contributed by atoms with Crippen molar-refractivity contribution in [1.82, 2.24) is 0 Å². The van der Waals surface area contributed by atoms with Crippen LogP contribution >= 0.6 is 15.9 Å². The van der Waals surface area contributed by atoms with E-state index in [1.54, 1.807) is 0 Å². The van der Waals surface area contributed by atoms with Gasteiger partial charge in [0.05, 0.1) is 10.6 Å². The SMILES string of the molecule is O=S(=O)(Nc1cccc(F)c1F)c1ccc(Br)cc1. The number of benzene rings is 2. The third kappa shape index (κ3) is 3.10. The van der Waals surface area contributed by atoms with E-state index < -0.39 is 27.3 Å². The highest BCUT2D eigenvalue weighted by atomic mass is 79.9. The van der Waals surface area contributed by atoms with E-state index in [9.17, 15) is 17.2 Å². The van der Waals surface area contributed by atoms with Crippen LogP contribution in [0.4, 0.5) is 14.5 Å². The molecule has 2 aromatic rings. The molecule has 0 saturated heterocycles. The first kappa shape index (κ1) is 14.0.